The standard InChI is InChI=1S/C18H25BrN6O3S/c1-25(2)14-7-3-12(4-8-14)22-17-16(19)11-21-18(24-17)23-13-5-9-15(10-6-13)29(26,27)28-20/h5-6,9-12,14H,3-4,7-8,20H2,1-2H3,(H2,21,22,23,24). The molecule has 0 saturated heterocycles. The molecule has 0 unspecified atom stereocenters. The number of hydrogen-bond acceptors (Lipinski definition) is 9. The molecule has 1 aliphatic carbocycles. The van der Waals surface area contributed by atoms with Crippen molar-refractivity contribution in [2.45, 2.75) is 42.7 Å². The number of benzene rings is 1. The largest absolute Gasteiger partial charge is 0.366 e. The van der Waals surface area contributed by atoms with E-state index in [4.69, 9.17) is 5.90 Å². The van der Waals surface area contributed by atoms with Crippen molar-refractivity contribution in [1.29, 1.82) is 0 Å². The van der Waals surface area contributed by atoms with E-state index in [1.54, 1.807) is 18.3 Å². The fourth-order valence-corrected chi connectivity index (χ4v) is 4.23. The molecule has 0 aliphatic heterocycles. The lowest BCUT2D eigenvalue weighted by atomic mass is 9.90. The maximum atomic E-state index is 11.6. The van der Waals surface area contributed by atoms with Gasteiger partial charge in [-0.3, -0.25) is 0 Å². The van der Waals surface area contributed by atoms with E-state index < -0.39 is 10.1 Å². The molecular formula is C18H25BrN6O3S. The molecule has 1 fully saturated rings. The zero-order valence-electron chi connectivity index (χ0n) is 16.3. The van der Waals surface area contributed by atoms with E-state index in [9.17, 15) is 8.42 Å². The zero-order chi connectivity index (χ0) is 21.0. The molecule has 1 heterocycles. The Labute approximate surface area is 179 Å². The van der Waals surface area contributed by atoms with Gasteiger partial charge in [0.2, 0.25) is 5.95 Å². The van der Waals surface area contributed by atoms with Crippen LogP contribution in [0.2, 0.25) is 0 Å². The van der Waals surface area contributed by atoms with Crippen LogP contribution in [0.15, 0.2) is 39.8 Å². The molecule has 11 heteroatoms. The van der Waals surface area contributed by atoms with E-state index in [1.165, 1.54) is 12.1 Å². The summed E-state index contributed by atoms with van der Waals surface area (Å²) in [4.78, 5) is 11.1. The van der Waals surface area contributed by atoms with E-state index in [2.05, 4.69) is 59.8 Å². The number of nitrogens with zero attached hydrogens (tertiary/aromatic N) is 3. The van der Waals surface area contributed by atoms with E-state index in [1.807, 2.05) is 0 Å². The summed E-state index contributed by atoms with van der Waals surface area (Å²) in [5.41, 5.74) is 0.640. The van der Waals surface area contributed by atoms with Crippen molar-refractivity contribution < 1.29 is 12.7 Å². The van der Waals surface area contributed by atoms with Gasteiger partial charge in [-0.05, 0) is 80.0 Å². The van der Waals surface area contributed by atoms with Crippen LogP contribution in [0.1, 0.15) is 25.7 Å². The molecule has 4 N–H and O–H groups in total. The first-order valence-electron chi connectivity index (χ1n) is 9.24. The first-order valence-corrected chi connectivity index (χ1v) is 11.4. The zero-order valence-corrected chi connectivity index (χ0v) is 18.7. The van der Waals surface area contributed by atoms with Gasteiger partial charge in [0, 0.05) is 24.0 Å². The molecule has 1 aliphatic rings. The van der Waals surface area contributed by atoms with E-state index in [-0.39, 0.29) is 4.90 Å². The summed E-state index contributed by atoms with van der Waals surface area (Å²) in [6, 6.07) is 6.97. The lowest BCUT2D eigenvalue weighted by Crippen LogP contribution is -2.36. The molecule has 1 aromatic heterocycles. The number of anilines is 3. The maximum absolute atomic E-state index is 11.6. The fourth-order valence-electron chi connectivity index (χ4n) is 3.35. The highest BCUT2D eigenvalue weighted by atomic mass is 79.9. The van der Waals surface area contributed by atoms with Crippen LogP contribution in [-0.4, -0.2) is 49.5 Å². The molecule has 0 atom stereocenters. The van der Waals surface area contributed by atoms with Gasteiger partial charge in [0.05, 0.1) is 9.37 Å². The average molecular weight is 485 g/mol. The molecule has 2 aromatic rings. The average Bonchev–Trinajstić information content (AvgIpc) is 2.71. The normalized spacial score (nSPS) is 19.9. The van der Waals surface area contributed by atoms with Crippen molar-refractivity contribution in [2.24, 2.45) is 5.90 Å². The molecule has 9 nitrogen and oxygen atoms in total. The van der Waals surface area contributed by atoms with Gasteiger partial charge < -0.3 is 15.5 Å². The Bertz CT molecular complexity index is 931. The molecule has 3 rings (SSSR count). The molecule has 29 heavy (non-hydrogen) atoms. The van der Waals surface area contributed by atoms with Crippen LogP contribution in [0.3, 0.4) is 0 Å². The Balaban J connectivity index is 1.66. The van der Waals surface area contributed by atoms with Gasteiger partial charge in [-0.2, -0.15) is 23.6 Å². The van der Waals surface area contributed by atoms with E-state index in [0.717, 1.165) is 36.0 Å². The number of aromatic nitrogens is 2. The number of rotatable bonds is 7. The van der Waals surface area contributed by atoms with Gasteiger partial charge in [-0.25, -0.2) is 4.98 Å². The van der Waals surface area contributed by atoms with Gasteiger partial charge in [-0.15, -0.1) is 0 Å². The monoisotopic (exact) mass is 484 g/mol. The van der Waals surface area contributed by atoms with Crippen molar-refractivity contribution in [3.05, 3.63) is 34.9 Å². The minimum Gasteiger partial charge on any atom is -0.366 e. The smallest absolute Gasteiger partial charge is 0.312 e. The van der Waals surface area contributed by atoms with Gasteiger partial charge in [0.15, 0.2) is 0 Å². The summed E-state index contributed by atoms with van der Waals surface area (Å²) in [5.74, 6) is 5.93. The third kappa shape index (κ3) is 5.64. The second kappa shape index (κ2) is 9.35. The Kier molecular flexibility index (Phi) is 7.06. The third-order valence-corrected chi connectivity index (χ3v) is 6.72. The van der Waals surface area contributed by atoms with Gasteiger partial charge >= 0.3 is 10.1 Å². The first kappa shape index (κ1) is 21.9. The van der Waals surface area contributed by atoms with Gasteiger partial charge in [0.1, 0.15) is 5.82 Å². The topological polar surface area (TPSA) is 122 Å². The highest BCUT2D eigenvalue weighted by Crippen LogP contribution is 2.28. The van der Waals surface area contributed by atoms with E-state index in [0.29, 0.717) is 23.7 Å². The van der Waals surface area contributed by atoms with Crippen LogP contribution in [-0.2, 0) is 14.4 Å². The van der Waals surface area contributed by atoms with Crippen molar-refractivity contribution in [1.82, 2.24) is 14.9 Å². The highest BCUT2D eigenvalue weighted by Gasteiger charge is 2.23. The Hall–Kier alpha value is -1.79. The predicted molar refractivity (Wildman–Crippen MR) is 115 cm³/mol. The number of nitrogens with one attached hydrogen (secondary N) is 2. The molecule has 1 saturated carbocycles. The number of halogens is 1. The summed E-state index contributed by atoms with van der Waals surface area (Å²) in [7, 11) is 0.328. The summed E-state index contributed by atoms with van der Waals surface area (Å²) in [5, 5.41) is 6.58. The van der Waals surface area contributed by atoms with Gasteiger partial charge in [0.25, 0.3) is 0 Å². The molecule has 0 spiro atoms. The summed E-state index contributed by atoms with van der Waals surface area (Å²) < 4.78 is 28.0. The van der Waals surface area contributed by atoms with Crippen LogP contribution in [0.25, 0.3) is 0 Å². The molecule has 1 aromatic carbocycles. The van der Waals surface area contributed by atoms with Crippen LogP contribution >= 0.6 is 15.9 Å². The number of nitrogens with two attached hydrogens (primary N) is 1. The Morgan fingerprint density at radius 3 is 2.41 bits per heavy atom. The van der Waals surface area contributed by atoms with Crippen LogP contribution in [0.5, 0.6) is 0 Å². The maximum Gasteiger partial charge on any atom is 0.312 e. The van der Waals surface area contributed by atoms with Crippen molar-refractivity contribution in [3.8, 4) is 0 Å². The van der Waals surface area contributed by atoms with Crippen LogP contribution in [0, 0.1) is 0 Å². The minimum absolute atomic E-state index is 0.0297. The van der Waals surface area contributed by atoms with Crippen molar-refractivity contribution in [3.63, 3.8) is 0 Å². The molecule has 158 valence electrons. The highest BCUT2D eigenvalue weighted by molar-refractivity contribution is 9.10. The Morgan fingerprint density at radius 2 is 1.83 bits per heavy atom. The van der Waals surface area contributed by atoms with Crippen LogP contribution in [0.4, 0.5) is 17.5 Å². The SMILES string of the molecule is CN(C)C1CCC(Nc2nc(Nc3ccc(S(=O)(=O)ON)cc3)ncc2Br)CC1. The number of hydrogen-bond donors (Lipinski definition) is 3. The van der Waals surface area contributed by atoms with E-state index >= 15 is 0 Å². The molecule has 0 radical (unpaired) electrons. The molecule has 0 bridgehead atoms. The lowest BCUT2D eigenvalue weighted by molar-refractivity contribution is 0.221. The van der Waals surface area contributed by atoms with Crippen molar-refractivity contribution in [2.75, 3.05) is 24.7 Å². The quantitative estimate of drug-likeness (QED) is 0.508. The van der Waals surface area contributed by atoms with Crippen LogP contribution < -0.4 is 16.5 Å². The third-order valence-electron chi connectivity index (χ3n) is 5.04. The fraction of sp³-hybridized carbons (Fsp3) is 0.444. The summed E-state index contributed by atoms with van der Waals surface area (Å²) in [6.45, 7) is 0. The summed E-state index contributed by atoms with van der Waals surface area (Å²) in [6.07, 6.45) is 6.16. The van der Waals surface area contributed by atoms with Gasteiger partial charge in [-0.1, -0.05) is 0 Å². The predicted octanol–water partition coefficient (Wildman–Crippen LogP) is 2.85. The van der Waals surface area contributed by atoms with Crippen molar-refractivity contribution >= 4 is 43.5 Å². The second-order valence-corrected chi connectivity index (χ2v) is 9.63. The first-order chi connectivity index (χ1) is 13.8. The Morgan fingerprint density at radius 1 is 1.17 bits per heavy atom. The molecular weight excluding hydrogens is 460 g/mol. The second-order valence-electron chi connectivity index (χ2n) is 7.20. The lowest BCUT2D eigenvalue weighted by Gasteiger charge is -2.33. The minimum atomic E-state index is -3.93. The summed E-state index contributed by atoms with van der Waals surface area (Å²) >= 11 is 3.50. The molecule has 0 amide bonds.